The minimum atomic E-state index is -0.724. The van der Waals surface area contributed by atoms with Gasteiger partial charge in [-0.15, -0.1) is 0 Å². The Morgan fingerprint density at radius 3 is 2.94 bits per heavy atom. The van der Waals surface area contributed by atoms with Crippen LogP contribution in [0.5, 0.6) is 0 Å². The van der Waals surface area contributed by atoms with Crippen LogP contribution in [-0.4, -0.2) is 22.5 Å². The van der Waals surface area contributed by atoms with Crippen LogP contribution >= 0.6 is 0 Å². The van der Waals surface area contributed by atoms with Crippen LogP contribution in [0.3, 0.4) is 0 Å². The molecule has 0 fully saturated rings. The fraction of sp³-hybridized carbons (Fsp3) is 0.200. The molecule has 0 amide bonds. The zero-order valence-electron chi connectivity index (χ0n) is 8.97. The summed E-state index contributed by atoms with van der Waals surface area (Å²) in [5.41, 5.74) is 5.16. The van der Waals surface area contributed by atoms with Gasteiger partial charge in [-0.25, -0.2) is 4.79 Å². The van der Waals surface area contributed by atoms with Crippen molar-refractivity contribution < 1.29 is 14.5 Å². The van der Waals surface area contributed by atoms with Gasteiger partial charge in [0.2, 0.25) is 0 Å². The van der Waals surface area contributed by atoms with Gasteiger partial charge >= 0.3 is 11.7 Å². The van der Waals surface area contributed by atoms with E-state index in [1.165, 1.54) is 6.20 Å². The first-order valence-corrected chi connectivity index (χ1v) is 4.63. The highest BCUT2D eigenvalue weighted by Gasteiger charge is 2.14. The van der Waals surface area contributed by atoms with E-state index in [-0.39, 0.29) is 23.5 Å². The van der Waals surface area contributed by atoms with Gasteiger partial charge in [-0.05, 0) is 6.92 Å². The van der Waals surface area contributed by atoms with Gasteiger partial charge in [-0.1, -0.05) is 5.92 Å². The Labute approximate surface area is 96.7 Å². The minimum Gasteiger partial charge on any atom is -0.456 e. The Morgan fingerprint density at radius 2 is 2.35 bits per heavy atom. The molecule has 2 N–H and O–H groups in total. The number of rotatable bonds is 2. The highest BCUT2D eigenvalue weighted by atomic mass is 16.6. The normalized spacial score (nSPS) is 9.00. The van der Waals surface area contributed by atoms with E-state index in [1.54, 1.807) is 6.92 Å². The highest BCUT2D eigenvalue weighted by molar-refractivity contribution is 5.89. The fourth-order valence-corrected chi connectivity index (χ4v) is 0.990. The molecule has 0 saturated carbocycles. The molecule has 0 atom stereocenters. The zero-order chi connectivity index (χ0) is 12.8. The van der Waals surface area contributed by atoms with Crippen molar-refractivity contribution in [2.75, 3.05) is 12.3 Å². The van der Waals surface area contributed by atoms with E-state index in [2.05, 4.69) is 21.6 Å². The molecule has 88 valence electrons. The number of carbonyl (C=O) groups excluding carboxylic acids is 1. The van der Waals surface area contributed by atoms with Crippen LogP contribution < -0.4 is 5.73 Å². The third-order valence-electron chi connectivity index (χ3n) is 1.74. The monoisotopic (exact) mass is 235 g/mol. The number of esters is 1. The second-order valence-corrected chi connectivity index (χ2v) is 2.85. The Morgan fingerprint density at radius 1 is 1.65 bits per heavy atom. The smallest absolute Gasteiger partial charge is 0.384 e. The van der Waals surface area contributed by atoms with Gasteiger partial charge in [0, 0.05) is 12.1 Å². The van der Waals surface area contributed by atoms with E-state index in [1.807, 2.05) is 0 Å². The third kappa shape index (κ3) is 3.17. The lowest BCUT2D eigenvalue weighted by Crippen LogP contribution is -2.01. The molecule has 17 heavy (non-hydrogen) atoms. The van der Waals surface area contributed by atoms with Crippen molar-refractivity contribution >= 4 is 17.3 Å². The van der Waals surface area contributed by atoms with E-state index in [0.29, 0.717) is 0 Å². The number of anilines is 1. The predicted octanol–water partition coefficient (Wildman–Crippen LogP) is 0.487. The van der Waals surface area contributed by atoms with E-state index in [4.69, 9.17) is 5.73 Å². The van der Waals surface area contributed by atoms with Gasteiger partial charge in [-0.2, -0.15) is 0 Å². The third-order valence-corrected chi connectivity index (χ3v) is 1.74. The molecule has 0 radical (unpaired) electrons. The lowest BCUT2D eigenvalue weighted by molar-refractivity contribution is -0.384. The lowest BCUT2D eigenvalue weighted by atomic mass is 10.2. The van der Waals surface area contributed by atoms with Crippen LogP contribution in [0.1, 0.15) is 12.5 Å². The molecule has 0 saturated heterocycles. The predicted molar refractivity (Wildman–Crippen MR) is 58.8 cm³/mol. The van der Waals surface area contributed by atoms with Gasteiger partial charge in [0.05, 0.1) is 17.1 Å². The molecule has 0 bridgehead atoms. The second kappa shape index (κ2) is 5.46. The number of aromatic nitrogens is 1. The van der Waals surface area contributed by atoms with Crippen molar-refractivity contribution in [3.8, 4) is 11.8 Å². The average Bonchev–Trinajstić information content (AvgIpc) is 2.27. The Bertz CT molecular complexity index is 516. The standard InChI is InChI=1S/C10H9N3O4/c1-2-17-9(14)4-3-7-5-12-6-8(10(7)11)13(15)16/h5-6H,2H2,1H3,(H2,11,12). The number of nitrogens with two attached hydrogens (primary N) is 1. The van der Waals surface area contributed by atoms with Crippen LogP contribution in [0.15, 0.2) is 12.4 Å². The Kier molecular flexibility index (Phi) is 4.00. The van der Waals surface area contributed by atoms with Gasteiger partial charge in [-0.3, -0.25) is 15.1 Å². The Hall–Kier alpha value is -2.62. The molecule has 0 spiro atoms. The van der Waals surface area contributed by atoms with E-state index in [0.717, 1.165) is 6.20 Å². The van der Waals surface area contributed by atoms with Crippen molar-refractivity contribution in [3.63, 3.8) is 0 Å². The summed E-state index contributed by atoms with van der Waals surface area (Å²) in [5.74, 6) is 3.81. The number of nitro groups is 1. The van der Waals surface area contributed by atoms with Crippen molar-refractivity contribution in [2.45, 2.75) is 6.92 Å². The first kappa shape index (κ1) is 12.4. The van der Waals surface area contributed by atoms with Crippen LogP contribution in [0.4, 0.5) is 11.4 Å². The molecule has 7 heteroatoms. The molecule has 0 aromatic carbocycles. The number of ether oxygens (including phenoxy) is 1. The number of carbonyl (C=O) groups is 1. The fourth-order valence-electron chi connectivity index (χ4n) is 0.990. The zero-order valence-corrected chi connectivity index (χ0v) is 8.97. The van der Waals surface area contributed by atoms with Crippen LogP contribution in [0, 0.1) is 22.0 Å². The van der Waals surface area contributed by atoms with Gasteiger partial charge < -0.3 is 10.5 Å². The summed E-state index contributed by atoms with van der Waals surface area (Å²) >= 11 is 0. The first-order valence-electron chi connectivity index (χ1n) is 4.63. The van der Waals surface area contributed by atoms with Crippen molar-refractivity contribution in [2.24, 2.45) is 0 Å². The van der Waals surface area contributed by atoms with Crippen molar-refractivity contribution in [1.29, 1.82) is 0 Å². The summed E-state index contributed by atoms with van der Waals surface area (Å²) in [6.45, 7) is 1.85. The molecule has 7 nitrogen and oxygen atoms in total. The van der Waals surface area contributed by atoms with Gasteiger partial charge in [0.1, 0.15) is 11.9 Å². The van der Waals surface area contributed by atoms with Gasteiger partial charge in [0.15, 0.2) is 0 Å². The van der Waals surface area contributed by atoms with Crippen LogP contribution in [0.25, 0.3) is 0 Å². The van der Waals surface area contributed by atoms with E-state index < -0.39 is 10.9 Å². The van der Waals surface area contributed by atoms with Crippen molar-refractivity contribution in [3.05, 3.63) is 28.1 Å². The molecule has 0 unspecified atom stereocenters. The second-order valence-electron chi connectivity index (χ2n) is 2.85. The molecular formula is C10H9N3O4. The first-order chi connectivity index (χ1) is 8.06. The number of nitrogen functional groups attached to an aromatic ring is 1. The lowest BCUT2D eigenvalue weighted by Gasteiger charge is -1.98. The summed E-state index contributed by atoms with van der Waals surface area (Å²) < 4.78 is 4.57. The molecule has 0 aliphatic carbocycles. The number of pyridine rings is 1. The molecule has 0 aliphatic rings. The Balaban J connectivity index is 3.04. The maximum atomic E-state index is 11.0. The molecule has 1 rings (SSSR count). The summed E-state index contributed by atoms with van der Waals surface area (Å²) in [5, 5.41) is 10.6. The average molecular weight is 235 g/mol. The van der Waals surface area contributed by atoms with E-state index in [9.17, 15) is 14.9 Å². The highest BCUT2D eigenvalue weighted by Crippen LogP contribution is 2.22. The number of hydrogen-bond donors (Lipinski definition) is 1. The molecule has 1 aromatic rings. The van der Waals surface area contributed by atoms with Crippen LogP contribution in [0.2, 0.25) is 0 Å². The number of hydrogen-bond acceptors (Lipinski definition) is 6. The van der Waals surface area contributed by atoms with Crippen molar-refractivity contribution in [1.82, 2.24) is 4.98 Å². The summed E-state index contributed by atoms with van der Waals surface area (Å²) in [4.78, 5) is 24.5. The topological polar surface area (TPSA) is 108 Å². The molecule has 1 heterocycles. The van der Waals surface area contributed by atoms with Gasteiger partial charge in [0.25, 0.3) is 0 Å². The summed E-state index contributed by atoms with van der Waals surface area (Å²) in [6, 6.07) is 0. The number of nitrogens with zero attached hydrogens (tertiary/aromatic N) is 2. The van der Waals surface area contributed by atoms with Crippen LogP contribution in [-0.2, 0) is 9.53 Å². The summed E-state index contributed by atoms with van der Waals surface area (Å²) in [7, 11) is 0. The quantitative estimate of drug-likeness (QED) is 0.346. The largest absolute Gasteiger partial charge is 0.456 e. The molecule has 1 aromatic heterocycles. The SMILES string of the molecule is CCOC(=O)C#Cc1cncc([N+](=O)[O-])c1N. The maximum absolute atomic E-state index is 11.0. The molecular weight excluding hydrogens is 226 g/mol. The minimum absolute atomic E-state index is 0.118. The maximum Gasteiger partial charge on any atom is 0.384 e. The molecule has 0 aliphatic heterocycles. The van der Waals surface area contributed by atoms with E-state index >= 15 is 0 Å². The summed E-state index contributed by atoms with van der Waals surface area (Å²) in [6.07, 6.45) is 2.26.